The first-order valence-corrected chi connectivity index (χ1v) is 10.1. The highest BCUT2D eigenvalue weighted by atomic mass is 35.5. The van der Waals surface area contributed by atoms with Crippen molar-refractivity contribution in [3.05, 3.63) is 51.2 Å². The van der Waals surface area contributed by atoms with Gasteiger partial charge in [-0.2, -0.15) is 0 Å². The van der Waals surface area contributed by atoms with Gasteiger partial charge in [0.15, 0.2) is 5.78 Å². The number of ether oxygens (including phenoxy) is 1. The van der Waals surface area contributed by atoms with Crippen LogP contribution in [0.1, 0.15) is 32.9 Å². The molecule has 0 aliphatic rings. The van der Waals surface area contributed by atoms with Gasteiger partial charge in [-0.15, -0.1) is 11.3 Å². The minimum absolute atomic E-state index is 0.0000540. The molecular weight excluding hydrogens is 386 g/mol. The number of rotatable bonds is 8. The molecule has 1 N–H and O–H groups in total. The van der Waals surface area contributed by atoms with Crippen molar-refractivity contribution in [2.75, 3.05) is 13.7 Å². The molecule has 0 fully saturated rings. The van der Waals surface area contributed by atoms with Crippen LogP contribution in [0.2, 0.25) is 5.02 Å². The van der Waals surface area contributed by atoms with Gasteiger partial charge < -0.3 is 4.74 Å². The van der Waals surface area contributed by atoms with Crippen molar-refractivity contribution in [1.29, 1.82) is 0 Å². The number of thiophene rings is 1. The van der Waals surface area contributed by atoms with Crippen LogP contribution in [0, 0.1) is 0 Å². The van der Waals surface area contributed by atoms with Crippen molar-refractivity contribution in [3.8, 4) is 0 Å². The van der Waals surface area contributed by atoms with E-state index in [4.69, 9.17) is 16.3 Å². The fraction of sp³-hybridized carbons (Fsp3) is 0.250. The third-order valence-electron chi connectivity index (χ3n) is 3.30. The number of ketones is 1. The van der Waals surface area contributed by atoms with Crippen LogP contribution in [-0.4, -0.2) is 33.8 Å². The Kier molecular flexibility index (Phi) is 6.71. The van der Waals surface area contributed by atoms with E-state index >= 15 is 0 Å². The Hall–Kier alpha value is -1.74. The normalized spacial score (nSPS) is 11.3. The van der Waals surface area contributed by atoms with Crippen molar-refractivity contribution in [2.45, 2.75) is 17.7 Å². The number of halogens is 1. The number of sulfonamides is 1. The summed E-state index contributed by atoms with van der Waals surface area (Å²) in [4.78, 5) is 24.3. The maximum atomic E-state index is 12.0. The quantitative estimate of drug-likeness (QED) is 0.417. The summed E-state index contributed by atoms with van der Waals surface area (Å²) >= 11 is 7.23. The molecule has 1 aromatic heterocycles. The molecule has 0 bridgehead atoms. The van der Waals surface area contributed by atoms with Crippen LogP contribution in [0.15, 0.2) is 40.6 Å². The minimum atomic E-state index is -3.78. The highest BCUT2D eigenvalue weighted by Gasteiger charge is 2.19. The fourth-order valence-corrected chi connectivity index (χ4v) is 3.93. The second-order valence-corrected chi connectivity index (χ2v) is 8.20. The molecule has 1 heterocycles. The molecule has 0 atom stereocenters. The summed E-state index contributed by atoms with van der Waals surface area (Å²) in [6.07, 6.45) is 0.658. The van der Waals surface area contributed by atoms with E-state index in [-0.39, 0.29) is 34.3 Å². The van der Waals surface area contributed by atoms with Crippen molar-refractivity contribution < 1.29 is 22.7 Å². The van der Waals surface area contributed by atoms with Gasteiger partial charge in [0, 0.05) is 6.42 Å². The largest absolute Gasteiger partial charge is 0.462 e. The van der Waals surface area contributed by atoms with E-state index in [2.05, 4.69) is 4.72 Å². The maximum Gasteiger partial charge on any atom is 0.338 e. The second-order valence-electron chi connectivity index (χ2n) is 4.99. The molecule has 0 aliphatic heterocycles. The van der Waals surface area contributed by atoms with E-state index in [9.17, 15) is 18.0 Å². The summed E-state index contributed by atoms with van der Waals surface area (Å²) in [5, 5.41) is 1.83. The summed E-state index contributed by atoms with van der Waals surface area (Å²) in [6.45, 7) is 0.0622. The van der Waals surface area contributed by atoms with E-state index in [1.807, 2.05) is 5.38 Å². The van der Waals surface area contributed by atoms with Crippen LogP contribution in [-0.2, 0) is 14.8 Å². The third-order valence-corrected chi connectivity index (χ3v) is 6.11. The van der Waals surface area contributed by atoms with Crippen molar-refractivity contribution in [1.82, 2.24) is 4.72 Å². The van der Waals surface area contributed by atoms with Gasteiger partial charge in [-0.05, 0) is 43.1 Å². The molecule has 0 saturated heterocycles. The first-order valence-electron chi connectivity index (χ1n) is 7.32. The van der Waals surface area contributed by atoms with E-state index in [1.165, 1.54) is 30.5 Å². The van der Waals surface area contributed by atoms with Gasteiger partial charge in [-0.3, -0.25) is 4.79 Å². The number of benzene rings is 1. The Labute approximate surface area is 154 Å². The lowest BCUT2D eigenvalue weighted by molar-refractivity contribution is 0.0494. The lowest BCUT2D eigenvalue weighted by atomic mass is 10.2. The molecule has 0 radical (unpaired) electrons. The first kappa shape index (κ1) is 19.6. The van der Waals surface area contributed by atoms with Crippen molar-refractivity contribution >= 4 is 44.7 Å². The zero-order valence-corrected chi connectivity index (χ0v) is 15.7. The molecule has 0 saturated carbocycles. The summed E-state index contributed by atoms with van der Waals surface area (Å²) in [5.41, 5.74) is 0.0720. The van der Waals surface area contributed by atoms with Gasteiger partial charge in [-0.1, -0.05) is 17.7 Å². The molecule has 134 valence electrons. The number of esters is 1. The topological polar surface area (TPSA) is 89.5 Å². The minimum Gasteiger partial charge on any atom is -0.462 e. The van der Waals surface area contributed by atoms with Crippen LogP contribution in [0.25, 0.3) is 0 Å². The predicted molar refractivity (Wildman–Crippen MR) is 95.9 cm³/mol. The molecule has 0 amide bonds. The fourth-order valence-electron chi connectivity index (χ4n) is 1.99. The standard InChI is InChI=1S/C16H16ClNO5S2/c1-18-25(21,22)15-10-11(6-7-12(15)17)16(20)23-8-2-4-13(19)14-5-3-9-24-14/h3,5-7,9-10,18H,2,4,8H2,1H3. The Morgan fingerprint density at radius 3 is 2.68 bits per heavy atom. The average Bonchev–Trinajstić information content (AvgIpc) is 3.13. The number of Topliss-reactive ketones (excluding diaryl/α,β-unsaturated/α-hetero) is 1. The molecule has 0 spiro atoms. The van der Waals surface area contributed by atoms with Crippen LogP contribution < -0.4 is 4.72 Å². The number of carbonyl (C=O) groups is 2. The van der Waals surface area contributed by atoms with E-state index < -0.39 is 16.0 Å². The number of hydrogen-bond donors (Lipinski definition) is 1. The van der Waals surface area contributed by atoms with E-state index in [1.54, 1.807) is 12.1 Å². The second kappa shape index (κ2) is 8.57. The molecule has 2 aromatic rings. The average molecular weight is 402 g/mol. The van der Waals surface area contributed by atoms with Crippen LogP contribution in [0.3, 0.4) is 0 Å². The van der Waals surface area contributed by atoms with E-state index in [0.29, 0.717) is 11.3 Å². The van der Waals surface area contributed by atoms with Crippen LogP contribution in [0.4, 0.5) is 0 Å². The maximum absolute atomic E-state index is 12.0. The number of hydrogen-bond acceptors (Lipinski definition) is 6. The highest BCUT2D eigenvalue weighted by molar-refractivity contribution is 7.89. The van der Waals surface area contributed by atoms with E-state index in [0.717, 1.165) is 6.07 Å². The Morgan fingerprint density at radius 2 is 2.04 bits per heavy atom. The number of nitrogens with one attached hydrogen (secondary N) is 1. The lowest BCUT2D eigenvalue weighted by Crippen LogP contribution is -2.19. The smallest absolute Gasteiger partial charge is 0.338 e. The number of carbonyl (C=O) groups excluding carboxylic acids is 2. The first-order chi connectivity index (χ1) is 11.8. The monoisotopic (exact) mass is 401 g/mol. The Bertz CT molecular complexity index is 863. The lowest BCUT2D eigenvalue weighted by Gasteiger charge is -2.08. The predicted octanol–water partition coefficient (Wildman–Crippen LogP) is 3.13. The van der Waals surface area contributed by atoms with Crippen LogP contribution >= 0.6 is 22.9 Å². The van der Waals surface area contributed by atoms with Gasteiger partial charge in [0.1, 0.15) is 4.90 Å². The molecule has 6 nitrogen and oxygen atoms in total. The van der Waals surface area contributed by atoms with Crippen molar-refractivity contribution in [2.24, 2.45) is 0 Å². The Morgan fingerprint density at radius 1 is 1.28 bits per heavy atom. The molecule has 0 unspecified atom stereocenters. The molecular formula is C16H16ClNO5S2. The molecule has 25 heavy (non-hydrogen) atoms. The van der Waals surface area contributed by atoms with Gasteiger partial charge in [0.2, 0.25) is 10.0 Å². The van der Waals surface area contributed by atoms with Crippen LogP contribution in [0.5, 0.6) is 0 Å². The summed E-state index contributed by atoms with van der Waals surface area (Å²) in [5.74, 6) is -0.673. The van der Waals surface area contributed by atoms with Crippen molar-refractivity contribution in [3.63, 3.8) is 0 Å². The molecule has 9 heteroatoms. The summed E-state index contributed by atoms with van der Waals surface area (Å²) in [7, 11) is -2.53. The zero-order chi connectivity index (χ0) is 18.4. The third kappa shape index (κ3) is 5.12. The molecule has 0 aliphatic carbocycles. The summed E-state index contributed by atoms with van der Waals surface area (Å²) in [6, 6.07) is 7.41. The van der Waals surface area contributed by atoms with Gasteiger partial charge in [0.05, 0.1) is 22.1 Å². The molecule has 2 rings (SSSR count). The van der Waals surface area contributed by atoms with Gasteiger partial charge in [-0.25, -0.2) is 17.9 Å². The van der Waals surface area contributed by atoms with Gasteiger partial charge in [0.25, 0.3) is 0 Å². The molecule has 1 aromatic carbocycles. The Balaban J connectivity index is 1.93. The highest BCUT2D eigenvalue weighted by Crippen LogP contribution is 2.23. The SMILES string of the molecule is CNS(=O)(=O)c1cc(C(=O)OCCCC(=O)c2cccs2)ccc1Cl. The summed E-state index contributed by atoms with van der Waals surface area (Å²) < 4.78 is 31.0. The van der Waals surface area contributed by atoms with Gasteiger partial charge >= 0.3 is 5.97 Å². The zero-order valence-electron chi connectivity index (χ0n) is 13.3.